The predicted molar refractivity (Wildman–Crippen MR) is 156 cm³/mol. The number of nitrogens with one attached hydrogen (secondary N) is 2. The molecule has 2 amide bonds. The minimum Gasteiger partial charge on any atom is -0.322 e. The smallest absolute Gasteiger partial charge is 0.271 e. The van der Waals surface area contributed by atoms with Crippen LogP contribution in [-0.4, -0.2) is 29.0 Å². The minimum atomic E-state index is -0.279. The Labute approximate surface area is 233 Å². The van der Waals surface area contributed by atoms with Crippen LogP contribution in [0.4, 0.5) is 5.69 Å². The molecular formula is C32H29ClN4O2. The fourth-order valence-electron chi connectivity index (χ4n) is 4.63. The number of halogens is 1. The Hall–Kier alpha value is -4.26. The zero-order valence-electron chi connectivity index (χ0n) is 21.7. The van der Waals surface area contributed by atoms with Crippen molar-refractivity contribution >= 4 is 34.8 Å². The summed E-state index contributed by atoms with van der Waals surface area (Å²) in [6, 6.07) is 30.3. The third-order valence-electron chi connectivity index (χ3n) is 6.78. The van der Waals surface area contributed by atoms with Gasteiger partial charge in [0.2, 0.25) is 0 Å². The van der Waals surface area contributed by atoms with Gasteiger partial charge in [0, 0.05) is 41.5 Å². The monoisotopic (exact) mass is 536 g/mol. The molecule has 0 aromatic heterocycles. The van der Waals surface area contributed by atoms with Crippen LogP contribution in [0, 0.1) is 0 Å². The number of hydrazone groups is 1. The lowest BCUT2D eigenvalue weighted by Crippen LogP contribution is -2.30. The lowest BCUT2D eigenvalue weighted by atomic mass is 9.99. The minimum absolute atomic E-state index is 0.258. The standard InChI is InChI=1S/C32H29ClN4O2/c1-22(26-8-5-11-30(19-26)34-31(38)27-9-4-10-29(33)18-27)35-36-32(39)25-14-12-23(13-15-25)20-37-17-16-24-6-2-3-7-28(24)21-37/h2-15,18-19H,16-17,20-21H2,1H3,(H,34,38)(H,36,39)/b35-22-. The molecule has 0 saturated heterocycles. The number of hydrogen-bond donors (Lipinski definition) is 2. The van der Waals surface area contributed by atoms with Crippen molar-refractivity contribution in [1.82, 2.24) is 10.3 Å². The van der Waals surface area contributed by atoms with Crippen LogP contribution in [-0.2, 0) is 19.5 Å². The van der Waals surface area contributed by atoms with E-state index < -0.39 is 0 Å². The van der Waals surface area contributed by atoms with Gasteiger partial charge in [0.15, 0.2) is 0 Å². The summed E-state index contributed by atoms with van der Waals surface area (Å²) in [5, 5.41) is 7.64. The van der Waals surface area contributed by atoms with Crippen LogP contribution in [0.3, 0.4) is 0 Å². The molecule has 0 bridgehead atoms. The Kier molecular flexibility index (Phi) is 8.16. The number of hydrogen-bond acceptors (Lipinski definition) is 4. The van der Waals surface area contributed by atoms with Crippen LogP contribution < -0.4 is 10.7 Å². The maximum absolute atomic E-state index is 12.7. The average molecular weight is 537 g/mol. The molecule has 4 aromatic carbocycles. The lowest BCUT2D eigenvalue weighted by molar-refractivity contribution is 0.0954. The quantitative estimate of drug-likeness (QED) is 0.215. The highest BCUT2D eigenvalue weighted by Gasteiger charge is 2.16. The van der Waals surface area contributed by atoms with E-state index in [0.717, 1.165) is 31.6 Å². The van der Waals surface area contributed by atoms with Crippen molar-refractivity contribution in [3.05, 3.63) is 135 Å². The molecule has 0 spiro atoms. The Balaban J connectivity index is 1.17. The molecule has 0 radical (unpaired) electrons. The van der Waals surface area contributed by atoms with Crippen molar-refractivity contribution in [2.45, 2.75) is 26.4 Å². The first-order valence-electron chi connectivity index (χ1n) is 12.8. The highest BCUT2D eigenvalue weighted by molar-refractivity contribution is 6.31. The summed E-state index contributed by atoms with van der Waals surface area (Å²) in [7, 11) is 0. The summed E-state index contributed by atoms with van der Waals surface area (Å²) < 4.78 is 0. The maximum atomic E-state index is 12.7. The van der Waals surface area contributed by atoms with Crippen LogP contribution in [0.1, 0.15) is 49.9 Å². The molecule has 4 aromatic rings. The van der Waals surface area contributed by atoms with Gasteiger partial charge < -0.3 is 5.32 Å². The van der Waals surface area contributed by atoms with Gasteiger partial charge in [0.25, 0.3) is 11.8 Å². The SMILES string of the molecule is C/C(=N/NC(=O)c1ccc(CN2CCc3ccccc3C2)cc1)c1cccc(NC(=O)c2cccc(Cl)c2)c1. The summed E-state index contributed by atoms with van der Waals surface area (Å²) in [5.74, 6) is -0.538. The molecule has 0 fully saturated rings. The first-order chi connectivity index (χ1) is 18.9. The Morgan fingerprint density at radius 3 is 2.36 bits per heavy atom. The first kappa shape index (κ1) is 26.4. The summed E-state index contributed by atoms with van der Waals surface area (Å²) in [4.78, 5) is 27.7. The zero-order valence-corrected chi connectivity index (χ0v) is 22.4. The molecule has 1 aliphatic rings. The van der Waals surface area contributed by atoms with E-state index >= 15 is 0 Å². The number of amides is 2. The van der Waals surface area contributed by atoms with Crippen LogP contribution in [0.15, 0.2) is 102 Å². The van der Waals surface area contributed by atoms with Crippen molar-refractivity contribution in [3.8, 4) is 0 Å². The second kappa shape index (κ2) is 12.1. The number of carbonyl (C=O) groups is 2. The van der Waals surface area contributed by atoms with Gasteiger partial charge in [-0.05, 0) is 78.1 Å². The van der Waals surface area contributed by atoms with Crippen molar-refractivity contribution in [2.75, 3.05) is 11.9 Å². The molecule has 7 heteroatoms. The predicted octanol–water partition coefficient (Wildman–Crippen LogP) is 6.30. The number of anilines is 1. The van der Waals surface area contributed by atoms with Crippen molar-refractivity contribution in [3.63, 3.8) is 0 Å². The van der Waals surface area contributed by atoms with Gasteiger partial charge in [0.05, 0.1) is 5.71 Å². The lowest BCUT2D eigenvalue weighted by Gasteiger charge is -2.28. The molecule has 0 unspecified atom stereocenters. The fourth-order valence-corrected chi connectivity index (χ4v) is 4.82. The third kappa shape index (κ3) is 6.79. The van der Waals surface area contributed by atoms with Crippen LogP contribution in [0.5, 0.6) is 0 Å². The largest absolute Gasteiger partial charge is 0.322 e. The van der Waals surface area contributed by atoms with Gasteiger partial charge in [-0.25, -0.2) is 5.43 Å². The van der Waals surface area contributed by atoms with Gasteiger partial charge in [-0.15, -0.1) is 0 Å². The molecule has 2 N–H and O–H groups in total. The summed E-state index contributed by atoms with van der Waals surface area (Å²) in [6.45, 7) is 4.62. The van der Waals surface area contributed by atoms with Gasteiger partial charge in [0.1, 0.15) is 0 Å². The van der Waals surface area contributed by atoms with Gasteiger partial charge >= 0.3 is 0 Å². The maximum Gasteiger partial charge on any atom is 0.271 e. The second-order valence-electron chi connectivity index (χ2n) is 9.61. The summed E-state index contributed by atoms with van der Waals surface area (Å²) in [5.41, 5.74) is 9.65. The third-order valence-corrected chi connectivity index (χ3v) is 7.02. The molecule has 1 heterocycles. The van der Waals surface area contributed by atoms with Gasteiger partial charge in [-0.1, -0.05) is 66.2 Å². The van der Waals surface area contributed by atoms with E-state index in [1.165, 1.54) is 16.7 Å². The number of rotatable bonds is 7. The second-order valence-corrected chi connectivity index (χ2v) is 10.0. The van der Waals surface area contributed by atoms with Crippen LogP contribution in [0.25, 0.3) is 0 Å². The highest BCUT2D eigenvalue weighted by Crippen LogP contribution is 2.20. The van der Waals surface area contributed by atoms with E-state index in [9.17, 15) is 9.59 Å². The molecule has 0 aliphatic carbocycles. The van der Waals surface area contributed by atoms with Crippen molar-refractivity contribution in [2.24, 2.45) is 5.10 Å². The van der Waals surface area contributed by atoms with E-state index in [2.05, 4.69) is 45.0 Å². The number of carbonyl (C=O) groups excluding carboxylic acids is 2. The van der Waals surface area contributed by atoms with Crippen molar-refractivity contribution in [1.29, 1.82) is 0 Å². The van der Waals surface area contributed by atoms with E-state index in [0.29, 0.717) is 27.5 Å². The Bertz CT molecular complexity index is 1530. The van der Waals surface area contributed by atoms with Crippen LogP contribution in [0.2, 0.25) is 5.02 Å². The molecule has 5 rings (SSSR count). The molecule has 196 valence electrons. The molecular weight excluding hydrogens is 508 g/mol. The number of fused-ring (bicyclic) bond motifs is 1. The average Bonchev–Trinajstić information content (AvgIpc) is 2.96. The van der Waals surface area contributed by atoms with E-state index in [1.807, 2.05) is 36.4 Å². The zero-order chi connectivity index (χ0) is 27.2. The summed E-state index contributed by atoms with van der Waals surface area (Å²) >= 11 is 5.99. The van der Waals surface area contributed by atoms with E-state index in [1.54, 1.807) is 43.3 Å². The van der Waals surface area contributed by atoms with E-state index in [-0.39, 0.29) is 11.8 Å². The molecule has 0 saturated carbocycles. The van der Waals surface area contributed by atoms with Gasteiger partial charge in [-0.3, -0.25) is 14.5 Å². The van der Waals surface area contributed by atoms with Crippen molar-refractivity contribution < 1.29 is 9.59 Å². The topological polar surface area (TPSA) is 73.8 Å². The van der Waals surface area contributed by atoms with Crippen LogP contribution >= 0.6 is 11.6 Å². The van der Waals surface area contributed by atoms with Gasteiger partial charge in [-0.2, -0.15) is 5.10 Å². The summed E-state index contributed by atoms with van der Waals surface area (Å²) in [6.07, 6.45) is 1.06. The molecule has 6 nitrogen and oxygen atoms in total. The number of benzene rings is 4. The number of nitrogens with zero attached hydrogens (tertiary/aromatic N) is 2. The molecule has 0 atom stereocenters. The van der Waals surface area contributed by atoms with E-state index in [4.69, 9.17) is 11.6 Å². The first-order valence-corrected chi connectivity index (χ1v) is 13.2. The normalized spacial score (nSPS) is 13.4. The molecule has 39 heavy (non-hydrogen) atoms. The fraction of sp³-hybridized carbons (Fsp3) is 0.156. The Morgan fingerprint density at radius 2 is 1.56 bits per heavy atom. The highest BCUT2D eigenvalue weighted by atomic mass is 35.5. The Morgan fingerprint density at radius 1 is 0.821 bits per heavy atom. The molecule has 1 aliphatic heterocycles.